The maximum atomic E-state index is 12.4. The fraction of sp³-hybridized carbons (Fsp3) is 0.438. The number of rotatable bonds is 4. The summed E-state index contributed by atoms with van der Waals surface area (Å²) in [4.78, 5) is 30.9. The van der Waals surface area contributed by atoms with Crippen LogP contribution in [0.5, 0.6) is 0 Å². The average molecular weight is 369 g/mol. The zero-order chi connectivity index (χ0) is 18.0. The topological polar surface area (TPSA) is 71.5 Å². The number of ether oxygens (including phenoxy) is 1. The first-order valence-electron chi connectivity index (χ1n) is 7.78. The van der Waals surface area contributed by atoms with Crippen molar-refractivity contribution in [2.45, 2.75) is 19.5 Å². The second-order valence-electron chi connectivity index (χ2n) is 5.63. The highest BCUT2D eigenvalue weighted by atomic mass is 32.1. The number of aromatic nitrogens is 1. The molecule has 3 heterocycles. The molecule has 0 aromatic carbocycles. The Bertz CT molecular complexity index is 796. The van der Waals surface area contributed by atoms with Gasteiger partial charge in [0.15, 0.2) is 0 Å². The molecule has 0 unspecified atom stereocenters. The van der Waals surface area contributed by atoms with Crippen molar-refractivity contribution >= 4 is 33.4 Å². The van der Waals surface area contributed by atoms with Gasteiger partial charge in [0.1, 0.15) is 15.8 Å². The summed E-state index contributed by atoms with van der Waals surface area (Å²) in [7, 11) is 0. The molecule has 2 aromatic rings. The average Bonchev–Trinajstić information content (AvgIpc) is 2.99. The van der Waals surface area contributed by atoms with Crippen LogP contribution in [-0.4, -0.2) is 54.4 Å². The van der Waals surface area contributed by atoms with Gasteiger partial charge in [-0.05, 0) is 6.07 Å². The van der Waals surface area contributed by atoms with Gasteiger partial charge in [-0.3, -0.25) is 9.59 Å². The number of amides is 2. The Labute approximate surface area is 146 Å². The van der Waals surface area contributed by atoms with Crippen molar-refractivity contribution in [2.75, 3.05) is 26.2 Å². The molecule has 2 amide bonds. The summed E-state index contributed by atoms with van der Waals surface area (Å²) in [5.74, 6) is -0.656. The van der Waals surface area contributed by atoms with E-state index < -0.39 is 25.0 Å². The predicted molar refractivity (Wildman–Crippen MR) is 88.9 cm³/mol. The molecule has 6 nitrogen and oxygen atoms in total. The predicted octanol–water partition coefficient (Wildman–Crippen LogP) is 2.21. The second kappa shape index (κ2) is 7.40. The molecule has 25 heavy (non-hydrogen) atoms. The molecule has 1 atom stereocenters. The minimum absolute atomic E-state index is 0.0744. The first kappa shape index (κ1) is 17.7. The molecule has 0 saturated carbocycles. The van der Waals surface area contributed by atoms with Gasteiger partial charge in [0.05, 0.1) is 19.7 Å². The molecule has 1 aliphatic heterocycles. The van der Waals surface area contributed by atoms with Gasteiger partial charge in [-0.25, -0.2) is 13.8 Å². The van der Waals surface area contributed by atoms with Gasteiger partial charge in [0, 0.05) is 30.6 Å². The van der Waals surface area contributed by atoms with Gasteiger partial charge in [0.2, 0.25) is 5.91 Å². The number of hydrogen-bond donors (Lipinski definition) is 1. The quantitative estimate of drug-likeness (QED) is 0.897. The molecule has 3 rings (SSSR count). The standard InChI is InChI=1S/C16H17F2N3O3S/c1-9(22)21-5-6-24-11(8-21)13-10-3-2-4-19-16(10)25-14(13)15(23)20-7-12(17)18/h2-4,11-12H,5-8H2,1H3,(H,20,23)/t11-/m1/s1. The van der Waals surface area contributed by atoms with Gasteiger partial charge < -0.3 is 15.0 Å². The molecule has 9 heteroatoms. The van der Waals surface area contributed by atoms with E-state index in [0.29, 0.717) is 35.0 Å². The summed E-state index contributed by atoms with van der Waals surface area (Å²) in [5, 5.41) is 2.97. The number of carbonyl (C=O) groups is 2. The van der Waals surface area contributed by atoms with Crippen LogP contribution in [0.15, 0.2) is 18.3 Å². The number of morpholine rings is 1. The summed E-state index contributed by atoms with van der Waals surface area (Å²) >= 11 is 1.14. The maximum Gasteiger partial charge on any atom is 0.262 e. The normalized spacial score (nSPS) is 17.9. The van der Waals surface area contributed by atoms with Crippen LogP contribution in [-0.2, 0) is 9.53 Å². The van der Waals surface area contributed by atoms with Crippen LogP contribution in [0.25, 0.3) is 10.2 Å². The van der Waals surface area contributed by atoms with E-state index in [4.69, 9.17) is 4.74 Å². The highest BCUT2D eigenvalue weighted by Crippen LogP contribution is 2.37. The third-order valence-electron chi connectivity index (χ3n) is 3.96. The van der Waals surface area contributed by atoms with Gasteiger partial charge >= 0.3 is 0 Å². The number of halogens is 2. The fourth-order valence-corrected chi connectivity index (χ4v) is 3.91. The Balaban J connectivity index is 1.98. The van der Waals surface area contributed by atoms with Crippen LogP contribution in [0.2, 0.25) is 0 Å². The van der Waals surface area contributed by atoms with E-state index in [9.17, 15) is 18.4 Å². The van der Waals surface area contributed by atoms with Crippen molar-refractivity contribution in [1.29, 1.82) is 0 Å². The highest BCUT2D eigenvalue weighted by molar-refractivity contribution is 7.20. The lowest BCUT2D eigenvalue weighted by Crippen LogP contribution is -2.41. The van der Waals surface area contributed by atoms with Crippen LogP contribution in [0.1, 0.15) is 28.3 Å². The smallest absolute Gasteiger partial charge is 0.262 e. The van der Waals surface area contributed by atoms with Crippen LogP contribution in [0, 0.1) is 0 Å². The van der Waals surface area contributed by atoms with Gasteiger partial charge in [-0.2, -0.15) is 0 Å². The van der Waals surface area contributed by atoms with Crippen LogP contribution in [0.4, 0.5) is 8.78 Å². The Morgan fingerprint density at radius 2 is 2.32 bits per heavy atom. The summed E-state index contributed by atoms with van der Waals surface area (Å²) in [6, 6.07) is 3.55. The molecule has 0 bridgehead atoms. The molecule has 0 spiro atoms. The molecule has 1 aliphatic rings. The van der Waals surface area contributed by atoms with E-state index in [1.54, 1.807) is 17.2 Å². The number of alkyl halides is 2. The van der Waals surface area contributed by atoms with E-state index in [-0.39, 0.29) is 5.91 Å². The minimum Gasteiger partial charge on any atom is -0.370 e. The molecular weight excluding hydrogens is 352 g/mol. The maximum absolute atomic E-state index is 12.4. The minimum atomic E-state index is -2.63. The summed E-state index contributed by atoms with van der Waals surface area (Å²) in [6.45, 7) is 1.90. The molecule has 0 radical (unpaired) electrons. The number of thiophene rings is 1. The Morgan fingerprint density at radius 3 is 3.04 bits per heavy atom. The molecule has 134 valence electrons. The fourth-order valence-electron chi connectivity index (χ4n) is 2.80. The molecule has 1 saturated heterocycles. The van der Waals surface area contributed by atoms with Crippen molar-refractivity contribution in [3.8, 4) is 0 Å². The Kier molecular flexibility index (Phi) is 5.24. The zero-order valence-electron chi connectivity index (χ0n) is 13.5. The molecule has 1 fully saturated rings. The Hall–Kier alpha value is -2.13. The number of hydrogen-bond acceptors (Lipinski definition) is 5. The van der Waals surface area contributed by atoms with E-state index >= 15 is 0 Å². The summed E-state index contributed by atoms with van der Waals surface area (Å²) < 4.78 is 30.6. The second-order valence-corrected chi connectivity index (χ2v) is 6.63. The number of fused-ring (bicyclic) bond motifs is 1. The van der Waals surface area contributed by atoms with Crippen LogP contribution in [0.3, 0.4) is 0 Å². The molecule has 2 aromatic heterocycles. The van der Waals surface area contributed by atoms with Gasteiger partial charge in [-0.1, -0.05) is 6.07 Å². The summed E-state index contributed by atoms with van der Waals surface area (Å²) in [5.41, 5.74) is 0.603. The van der Waals surface area contributed by atoms with Crippen molar-refractivity contribution in [3.63, 3.8) is 0 Å². The third-order valence-corrected chi connectivity index (χ3v) is 5.09. The van der Waals surface area contributed by atoms with Crippen LogP contribution >= 0.6 is 11.3 Å². The monoisotopic (exact) mass is 369 g/mol. The lowest BCUT2D eigenvalue weighted by molar-refractivity contribution is -0.136. The van der Waals surface area contributed by atoms with E-state index in [2.05, 4.69) is 10.3 Å². The first-order valence-corrected chi connectivity index (χ1v) is 8.60. The zero-order valence-corrected chi connectivity index (χ0v) is 14.3. The third kappa shape index (κ3) is 3.77. The number of pyridine rings is 1. The van der Waals surface area contributed by atoms with Crippen molar-refractivity contribution in [1.82, 2.24) is 15.2 Å². The molecule has 1 N–H and O–H groups in total. The van der Waals surface area contributed by atoms with Crippen molar-refractivity contribution in [2.24, 2.45) is 0 Å². The van der Waals surface area contributed by atoms with E-state index in [0.717, 1.165) is 16.7 Å². The lowest BCUT2D eigenvalue weighted by Gasteiger charge is -2.32. The number of carbonyl (C=O) groups excluding carboxylic acids is 2. The van der Waals surface area contributed by atoms with E-state index in [1.165, 1.54) is 6.92 Å². The van der Waals surface area contributed by atoms with E-state index in [1.807, 2.05) is 6.07 Å². The lowest BCUT2D eigenvalue weighted by atomic mass is 10.0. The highest BCUT2D eigenvalue weighted by Gasteiger charge is 2.31. The van der Waals surface area contributed by atoms with Crippen LogP contribution < -0.4 is 5.32 Å². The number of nitrogens with zero attached hydrogens (tertiary/aromatic N) is 2. The van der Waals surface area contributed by atoms with Crippen molar-refractivity contribution < 1.29 is 23.1 Å². The van der Waals surface area contributed by atoms with Crippen molar-refractivity contribution in [3.05, 3.63) is 28.8 Å². The molecule has 0 aliphatic carbocycles. The Morgan fingerprint density at radius 1 is 1.52 bits per heavy atom. The van der Waals surface area contributed by atoms with Gasteiger partial charge in [0.25, 0.3) is 12.3 Å². The SMILES string of the molecule is CC(=O)N1CCO[C@@H](c2c(C(=O)NCC(F)F)sc3ncccc23)C1. The molecular formula is C16H17F2N3O3S. The number of nitrogens with one attached hydrogen (secondary N) is 1. The largest absolute Gasteiger partial charge is 0.370 e. The van der Waals surface area contributed by atoms with Gasteiger partial charge in [-0.15, -0.1) is 11.3 Å². The first-order chi connectivity index (χ1) is 12.0. The summed E-state index contributed by atoms with van der Waals surface area (Å²) in [6.07, 6.45) is -1.52.